The number of nitrogens with two attached hydrogens (primary N) is 1. The van der Waals surface area contributed by atoms with Crippen molar-refractivity contribution in [3.8, 4) is 0 Å². The van der Waals surface area contributed by atoms with Crippen LogP contribution in [0.25, 0.3) is 11.2 Å². The van der Waals surface area contributed by atoms with Gasteiger partial charge in [-0.1, -0.05) is 91.0 Å². The quantitative estimate of drug-likeness (QED) is 0.151. The molecule has 2 saturated heterocycles. The number of rotatable bonds is 12. The number of benzene rings is 3. The Bertz CT molecular complexity index is 1920. The predicted molar refractivity (Wildman–Crippen MR) is 191 cm³/mol. The summed E-state index contributed by atoms with van der Waals surface area (Å²) in [5.74, 6) is -1.91. The van der Waals surface area contributed by atoms with Crippen molar-refractivity contribution in [1.82, 2.24) is 19.6 Å². The Morgan fingerprint density at radius 2 is 1.63 bits per heavy atom. The normalized spacial score (nSPS) is 23.0. The number of fused-ring (bicyclic) bond motifs is 2. The van der Waals surface area contributed by atoms with E-state index in [9.17, 15) is 15.0 Å². The molecular formula is C38H43N7O6. The summed E-state index contributed by atoms with van der Waals surface area (Å²) in [6.07, 6.45) is -2.18. The van der Waals surface area contributed by atoms with Crippen molar-refractivity contribution >= 4 is 28.8 Å². The van der Waals surface area contributed by atoms with Crippen molar-refractivity contribution in [2.75, 3.05) is 35.8 Å². The Labute approximate surface area is 296 Å². The number of aliphatic hydroxyl groups is 2. The molecule has 13 nitrogen and oxygen atoms in total. The average molecular weight is 694 g/mol. The second kappa shape index (κ2) is 14.0. The van der Waals surface area contributed by atoms with Crippen molar-refractivity contribution in [3.05, 3.63) is 114 Å². The number of amides is 1. The van der Waals surface area contributed by atoms with E-state index in [1.165, 1.54) is 16.0 Å². The number of nitrogens with zero attached hydrogens (tertiary/aromatic N) is 5. The lowest BCUT2D eigenvalue weighted by atomic mass is 9.78. The first kappa shape index (κ1) is 34.5. The van der Waals surface area contributed by atoms with Crippen LogP contribution in [0.3, 0.4) is 0 Å². The van der Waals surface area contributed by atoms with Crippen LogP contribution in [0.2, 0.25) is 0 Å². The first-order valence-electron chi connectivity index (χ1n) is 17.2. The Kier molecular flexibility index (Phi) is 9.48. The molecule has 2 aliphatic heterocycles. The Morgan fingerprint density at radius 3 is 2.24 bits per heavy atom. The van der Waals surface area contributed by atoms with E-state index in [1.807, 2.05) is 66.7 Å². The number of ether oxygens (including phenoxy) is 3. The summed E-state index contributed by atoms with van der Waals surface area (Å²) >= 11 is 0. The van der Waals surface area contributed by atoms with Gasteiger partial charge in [0.15, 0.2) is 40.8 Å². The summed E-state index contributed by atoms with van der Waals surface area (Å²) < 4.78 is 20.1. The zero-order valence-electron chi connectivity index (χ0n) is 28.8. The van der Waals surface area contributed by atoms with Crippen LogP contribution in [0.4, 0.5) is 11.8 Å². The number of carbonyl (C=O) groups is 1. The van der Waals surface area contributed by atoms with Crippen molar-refractivity contribution < 1.29 is 29.2 Å². The molecule has 3 aromatic carbocycles. The third kappa shape index (κ3) is 6.32. The van der Waals surface area contributed by atoms with Gasteiger partial charge in [-0.05, 0) is 43.9 Å². The fourth-order valence-electron chi connectivity index (χ4n) is 7.49. The molecule has 13 heteroatoms. The highest BCUT2D eigenvalue weighted by molar-refractivity contribution is 5.94. The first-order chi connectivity index (χ1) is 24.7. The highest BCUT2D eigenvalue weighted by Gasteiger charge is 2.70. The monoisotopic (exact) mass is 693 g/mol. The SMILES string of the molecule is CCN(C(=O)[C@H]1O[C@@H](O)[C@]2(C(CO)Cc3ccccc3)OC(C)(C)O[C@H]12)n1c(N)nc2c(NCC(c3ccccc3)c3ccccc3)ncnc21. The van der Waals surface area contributed by atoms with Crippen molar-refractivity contribution in [2.45, 2.75) is 63.0 Å². The maximum absolute atomic E-state index is 14.5. The van der Waals surface area contributed by atoms with E-state index in [4.69, 9.17) is 19.9 Å². The molecule has 1 unspecified atom stereocenters. The minimum absolute atomic E-state index is 0.0115. The average Bonchev–Trinajstić information content (AvgIpc) is 3.73. The van der Waals surface area contributed by atoms with E-state index in [0.29, 0.717) is 29.9 Å². The molecule has 0 bridgehead atoms. The molecule has 2 aromatic heterocycles. The fourth-order valence-corrected chi connectivity index (χ4v) is 7.49. The molecule has 5 atom stereocenters. The minimum Gasteiger partial charge on any atom is -0.396 e. The molecule has 0 radical (unpaired) electrons. The maximum atomic E-state index is 14.5. The van der Waals surface area contributed by atoms with Crippen molar-refractivity contribution in [3.63, 3.8) is 0 Å². The van der Waals surface area contributed by atoms with E-state index in [2.05, 4.69) is 44.5 Å². The van der Waals surface area contributed by atoms with Gasteiger partial charge in [-0.2, -0.15) is 4.68 Å². The summed E-state index contributed by atoms with van der Waals surface area (Å²) in [7, 11) is 0. The van der Waals surface area contributed by atoms with E-state index in [0.717, 1.165) is 16.7 Å². The summed E-state index contributed by atoms with van der Waals surface area (Å²) in [5, 5.41) is 27.0. The van der Waals surface area contributed by atoms with E-state index in [1.54, 1.807) is 20.8 Å². The lowest BCUT2D eigenvalue weighted by molar-refractivity contribution is -0.258. The largest absolute Gasteiger partial charge is 0.396 e. The van der Waals surface area contributed by atoms with Gasteiger partial charge in [0, 0.05) is 31.5 Å². The zero-order valence-corrected chi connectivity index (χ0v) is 28.8. The number of nitrogen functional groups attached to an aromatic ring is 1. The molecular weight excluding hydrogens is 650 g/mol. The Balaban J connectivity index is 1.19. The standard InChI is InChI=1S/C38H43N7O6/c1-4-44(34(47)30-31-38(35(48)49-30,51-37(2,3)50-31)27(22-46)20-24-14-8-5-9-15-24)45-33-29(43-36(45)39)32(41-23-42-33)40-21-28(25-16-10-6-11-17-25)26-18-12-7-13-19-26/h5-19,23,27-28,30-31,35,46,48H,4,20-22H2,1-3H3,(H2,39,43)(H,40,41,42)/t27?,30-,31+,35+,38+/m0/s1. The van der Waals surface area contributed by atoms with Gasteiger partial charge in [0.05, 0.1) is 0 Å². The number of aromatic nitrogens is 4. The van der Waals surface area contributed by atoms with E-state index in [-0.39, 0.29) is 25.0 Å². The zero-order chi connectivity index (χ0) is 35.8. The summed E-state index contributed by atoms with van der Waals surface area (Å²) in [6, 6.07) is 30.0. The lowest BCUT2D eigenvalue weighted by Gasteiger charge is -2.37. The highest BCUT2D eigenvalue weighted by atomic mass is 16.8. The molecule has 0 spiro atoms. The van der Waals surface area contributed by atoms with Crippen LogP contribution < -0.4 is 16.1 Å². The minimum atomic E-state index is -1.57. The topological polar surface area (TPSA) is 170 Å². The molecule has 1 amide bonds. The van der Waals surface area contributed by atoms with Gasteiger partial charge in [-0.25, -0.2) is 20.0 Å². The van der Waals surface area contributed by atoms with Gasteiger partial charge in [0.2, 0.25) is 5.95 Å². The molecule has 5 aromatic rings. The van der Waals surface area contributed by atoms with Gasteiger partial charge in [0.25, 0.3) is 5.91 Å². The van der Waals surface area contributed by atoms with Gasteiger partial charge in [-0.3, -0.25) is 4.79 Å². The Hall–Kier alpha value is -4.92. The van der Waals surface area contributed by atoms with E-state index < -0.39 is 41.7 Å². The molecule has 5 N–H and O–H groups in total. The molecule has 51 heavy (non-hydrogen) atoms. The van der Waals surface area contributed by atoms with Crippen molar-refractivity contribution in [1.29, 1.82) is 0 Å². The smallest absolute Gasteiger partial charge is 0.273 e. The lowest BCUT2D eigenvalue weighted by Crippen LogP contribution is -2.56. The molecule has 0 aliphatic carbocycles. The molecule has 7 rings (SSSR count). The number of anilines is 2. The van der Waals surface area contributed by atoms with Gasteiger partial charge in [0.1, 0.15) is 12.4 Å². The summed E-state index contributed by atoms with van der Waals surface area (Å²) in [5.41, 5.74) is 8.87. The van der Waals surface area contributed by atoms with Crippen LogP contribution >= 0.6 is 0 Å². The van der Waals surface area contributed by atoms with Crippen LogP contribution in [0, 0.1) is 5.92 Å². The van der Waals surface area contributed by atoms with Gasteiger partial charge < -0.3 is 35.5 Å². The molecule has 266 valence electrons. The van der Waals surface area contributed by atoms with Crippen LogP contribution in [0.1, 0.15) is 43.4 Å². The Morgan fingerprint density at radius 1 is 1.00 bits per heavy atom. The molecule has 4 heterocycles. The third-order valence-corrected chi connectivity index (χ3v) is 9.76. The van der Waals surface area contributed by atoms with Crippen LogP contribution in [0.15, 0.2) is 97.3 Å². The number of hydrogen-bond acceptors (Lipinski definition) is 11. The number of likely N-dealkylation sites (N-methyl/N-ethyl adjacent to an activating group) is 1. The van der Waals surface area contributed by atoms with Gasteiger partial charge in [-0.15, -0.1) is 0 Å². The van der Waals surface area contributed by atoms with Crippen LogP contribution in [-0.2, 0) is 25.4 Å². The number of imidazole rings is 1. The van der Waals surface area contributed by atoms with Crippen molar-refractivity contribution in [2.24, 2.45) is 5.92 Å². The van der Waals surface area contributed by atoms with E-state index >= 15 is 0 Å². The molecule has 0 saturated carbocycles. The second-order valence-electron chi connectivity index (χ2n) is 13.4. The highest BCUT2D eigenvalue weighted by Crippen LogP contribution is 2.51. The fraction of sp³-hybridized carbons (Fsp3) is 0.368. The number of carbonyl (C=O) groups excluding carboxylic acids is 1. The number of nitrogens with one attached hydrogen (secondary N) is 1. The first-order valence-corrected chi connectivity index (χ1v) is 17.2. The van der Waals surface area contributed by atoms with Crippen LogP contribution in [0.5, 0.6) is 0 Å². The summed E-state index contributed by atoms with van der Waals surface area (Å²) in [6.45, 7) is 5.52. The van der Waals surface area contributed by atoms with Crippen LogP contribution in [-0.4, -0.2) is 85.3 Å². The molecule has 2 fully saturated rings. The second-order valence-corrected chi connectivity index (χ2v) is 13.4. The summed E-state index contributed by atoms with van der Waals surface area (Å²) in [4.78, 5) is 28.1. The maximum Gasteiger partial charge on any atom is 0.273 e. The van der Waals surface area contributed by atoms with Gasteiger partial charge >= 0.3 is 0 Å². The predicted octanol–water partition coefficient (Wildman–Crippen LogP) is 3.60. The number of hydrogen-bond donors (Lipinski definition) is 4. The third-order valence-electron chi connectivity index (χ3n) is 9.76. The molecule has 2 aliphatic rings. The number of aliphatic hydroxyl groups excluding tert-OH is 2.